The van der Waals surface area contributed by atoms with Crippen LogP contribution in [0.25, 0.3) is 12.2 Å². The molecule has 8 nitrogen and oxygen atoms in total. The summed E-state index contributed by atoms with van der Waals surface area (Å²) in [4.78, 5) is 15.9. The van der Waals surface area contributed by atoms with Crippen LogP contribution in [0.4, 0.5) is 0 Å². The smallest absolute Gasteiger partial charge is 0.328 e. The molecule has 1 aromatic heterocycles. The Bertz CT molecular complexity index is 736. The Kier molecular flexibility index (Phi) is 3.26. The van der Waals surface area contributed by atoms with Crippen molar-refractivity contribution in [2.45, 2.75) is 6.10 Å². The van der Waals surface area contributed by atoms with Crippen molar-refractivity contribution in [1.29, 1.82) is 0 Å². The summed E-state index contributed by atoms with van der Waals surface area (Å²) < 4.78 is 8.40. The number of rotatable bonds is 1. The molecule has 1 aromatic rings. The average Bonchev–Trinajstić information content (AvgIpc) is 2.62. The van der Waals surface area contributed by atoms with Crippen LogP contribution in [0.1, 0.15) is 0 Å². The number of aliphatic imine (C=N–C) groups is 1. The number of methoxy groups -OCH3 is 1. The maximum Gasteiger partial charge on any atom is 0.328 e. The van der Waals surface area contributed by atoms with Crippen LogP contribution in [0.3, 0.4) is 0 Å². The van der Waals surface area contributed by atoms with Crippen molar-refractivity contribution in [3.05, 3.63) is 21.2 Å². The number of hydrazone groups is 1. The predicted octanol–water partition coefficient (Wildman–Crippen LogP) is -3.06. The molecule has 0 aliphatic heterocycles. The number of nitrogens with two attached hydrogens (primary N) is 2. The van der Waals surface area contributed by atoms with Gasteiger partial charge in [0.1, 0.15) is 6.10 Å². The van der Waals surface area contributed by atoms with E-state index in [9.17, 15) is 4.79 Å². The van der Waals surface area contributed by atoms with Crippen molar-refractivity contribution in [3.8, 4) is 0 Å². The molecule has 2 rings (SSSR count). The first-order chi connectivity index (χ1) is 8.99. The van der Waals surface area contributed by atoms with Crippen LogP contribution in [0.2, 0.25) is 0 Å². The Labute approximate surface area is 109 Å². The first-order valence-electron chi connectivity index (χ1n) is 5.59. The molecule has 1 heterocycles. The van der Waals surface area contributed by atoms with E-state index in [4.69, 9.17) is 16.3 Å². The molecule has 0 amide bonds. The lowest BCUT2D eigenvalue weighted by Gasteiger charge is -2.14. The average molecular weight is 264 g/mol. The molecular formula is C11H16N6O2. The second-order valence-corrected chi connectivity index (χ2v) is 4.16. The van der Waals surface area contributed by atoms with E-state index in [1.54, 1.807) is 37.9 Å². The Morgan fingerprint density at radius 3 is 2.58 bits per heavy atom. The Balaban J connectivity index is 2.76. The highest BCUT2D eigenvalue weighted by Gasteiger charge is 2.18. The molecule has 1 unspecified atom stereocenters. The maximum atomic E-state index is 11.9. The predicted molar refractivity (Wildman–Crippen MR) is 72.9 cm³/mol. The number of ether oxygens (including phenoxy) is 1. The van der Waals surface area contributed by atoms with Gasteiger partial charge in [0.05, 0.1) is 16.4 Å². The maximum absolute atomic E-state index is 11.9. The molecule has 0 saturated heterocycles. The zero-order chi connectivity index (χ0) is 14.2. The van der Waals surface area contributed by atoms with Crippen LogP contribution in [-0.2, 0) is 18.8 Å². The quantitative estimate of drug-likeness (QED) is 0.243. The number of hydrogen-bond donors (Lipinski definition) is 2. The van der Waals surface area contributed by atoms with Gasteiger partial charge in [0.25, 0.3) is 0 Å². The van der Waals surface area contributed by atoms with Crippen LogP contribution < -0.4 is 28.0 Å². The third-order valence-electron chi connectivity index (χ3n) is 3.07. The number of hydrogen-bond acceptors (Lipinski definition) is 4. The van der Waals surface area contributed by atoms with Crippen LogP contribution in [0, 0.1) is 0 Å². The lowest BCUT2D eigenvalue weighted by atomic mass is 10.1. The molecular weight excluding hydrogens is 248 g/mol. The van der Waals surface area contributed by atoms with E-state index in [1.165, 1.54) is 4.57 Å². The van der Waals surface area contributed by atoms with Gasteiger partial charge in [-0.2, -0.15) is 0 Å². The summed E-state index contributed by atoms with van der Waals surface area (Å²) in [6.45, 7) is 0. The summed E-state index contributed by atoms with van der Waals surface area (Å²) in [5.74, 6) is 5.01. The van der Waals surface area contributed by atoms with Gasteiger partial charge in [-0.15, -0.1) is 5.10 Å². The van der Waals surface area contributed by atoms with E-state index in [0.29, 0.717) is 5.71 Å². The molecule has 1 aliphatic carbocycles. The van der Waals surface area contributed by atoms with Gasteiger partial charge in [0.15, 0.2) is 0 Å². The van der Waals surface area contributed by atoms with Crippen molar-refractivity contribution in [2.24, 2.45) is 35.8 Å². The number of nitrogens with zero attached hydrogens (tertiary/aromatic N) is 4. The van der Waals surface area contributed by atoms with E-state index < -0.39 is 6.10 Å². The molecule has 4 N–H and O–H groups in total. The van der Waals surface area contributed by atoms with E-state index in [1.807, 2.05) is 0 Å². The van der Waals surface area contributed by atoms with E-state index in [0.717, 1.165) is 10.7 Å². The Morgan fingerprint density at radius 1 is 1.37 bits per heavy atom. The summed E-state index contributed by atoms with van der Waals surface area (Å²) in [5, 5.41) is 4.82. The molecule has 0 radical (unpaired) electrons. The number of aromatic nitrogens is 2. The van der Waals surface area contributed by atoms with Crippen molar-refractivity contribution in [3.63, 3.8) is 0 Å². The highest BCUT2D eigenvalue weighted by molar-refractivity contribution is 6.19. The van der Waals surface area contributed by atoms with Gasteiger partial charge in [0, 0.05) is 21.2 Å². The van der Waals surface area contributed by atoms with Crippen molar-refractivity contribution < 1.29 is 4.74 Å². The first kappa shape index (κ1) is 13.1. The minimum atomic E-state index is -0.402. The summed E-state index contributed by atoms with van der Waals surface area (Å²) in [7, 11) is 4.94. The lowest BCUT2D eigenvalue weighted by molar-refractivity contribution is 0.202. The van der Waals surface area contributed by atoms with E-state index in [-0.39, 0.29) is 11.6 Å². The van der Waals surface area contributed by atoms with E-state index >= 15 is 0 Å². The fraction of sp³-hybridized carbons (Fsp3) is 0.364. The molecule has 0 spiro atoms. The standard InChI is InChI=1S/C11H16N6O2/c1-16-7-4-6(14-10(12)15-13)9(19-3)5-8(7)17(2)11(16)18/h4-5,9H,13H2,1-3H3,(H2,12,15). The molecule has 1 aliphatic rings. The largest absolute Gasteiger partial charge is 0.371 e. The molecule has 0 aromatic carbocycles. The highest BCUT2D eigenvalue weighted by atomic mass is 16.5. The molecule has 1 atom stereocenters. The molecule has 8 heteroatoms. The second kappa shape index (κ2) is 4.73. The highest BCUT2D eigenvalue weighted by Crippen LogP contribution is 2.01. The summed E-state index contributed by atoms with van der Waals surface area (Å²) in [6, 6.07) is 0. The van der Waals surface area contributed by atoms with Crippen molar-refractivity contribution >= 4 is 23.8 Å². The Morgan fingerprint density at radius 2 is 2.00 bits per heavy atom. The molecule has 19 heavy (non-hydrogen) atoms. The van der Waals surface area contributed by atoms with Gasteiger partial charge in [-0.25, -0.2) is 9.79 Å². The number of guanidine groups is 1. The molecule has 0 fully saturated rings. The third kappa shape index (κ3) is 2.06. The third-order valence-corrected chi connectivity index (χ3v) is 3.07. The zero-order valence-electron chi connectivity index (χ0n) is 11.0. The van der Waals surface area contributed by atoms with Crippen molar-refractivity contribution in [1.82, 2.24) is 9.13 Å². The van der Waals surface area contributed by atoms with Crippen LogP contribution in [0.15, 0.2) is 14.9 Å². The number of fused-ring (bicyclic) bond motifs is 1. The van der Waals surface area contributed by atoms with Gasteiger partial charge in [-0.3, -0.25) is 9.13 Å². The van der Waals surface area contributed by atoms with E-state index in [2.05, 4.69) is 10.1 Å². The van der Waals surface area contributed by atoms with Crippen LogP contribution >= 0.6 is 0 Å². The SMILES string of the molecule is COC1C=c2c(n(C)c(=O)n2C)=CC1=NC(N)=NN. The van der Waals surface area contributed by atoms with Gasteiger partial charge in [-0.1, -0.05) is 0 Å². The summed E-state index contributed by atoms with van der Waals surface area (Å²) in [5.41, 5.74) is 5.92. The first-order valence-corrected chi connectivity index (χ1v) is 5.59. The topological polar surface area (TPSA) is 113 Å². The van der Waals surface area contributed by atoms with Gasteiger partial charge in [0.2, 0.25) is 5.96 Å². The minimum Gasteiger partial charge on any atom is -0.371 e. The fourth-order valence-electron chi connectivity index (χ4n) is 2.04. The van der Waals surface area contributed by atoms with Crippen LogP contribution in [0.5, 0.6) is 0 Å². The zero-order valence-corrected chi connectivity index (χ0v) is 11.0. The van der Waals surface area contributed by atoms with Gasteiger partial charge < -0.3 is 16.3 Å². The molecule has 0 bridgehead atoms. The van der Waals surface area contributed by atoms with Gasteiger partial charge >= 0.3 is 5.69 Å². The summed E-state index contributed by atoms with van der Waals surface area (Å²) >= 11 is 0. The monoisotopic (exact) mass is 264 g/mol. The normalized spacial score (nSPS) is 20.9. The summed E-state index contributed by atoms with van der Waals surface area (Å²) in [6.07, 6.45) is 3.14. The lowest BCUT2D eigenvalue weighted by Crippen LogP contribution is -2.41. The molecule has 0 saturated carbocycles. The van der Waals surface area contributed by atoms with Gasteiger partial charge in [-0.05, 0) is 12.2 Å². The molecule has 102 valence electrons. The van der Waals surface area contributed by atoms with Crippen LogP contribution in [-0.4, -0.2) is 34.0 Å². The fourth-order valence-corrected chi connectivity index (χ4v) is 2.04. The number of imidazole rings is 1. The Hall–Kier alpha value is -2.35. The second-order valence-electron chi connectivity index (χ2n) is 4.16. The minimum absolute atomic E-state index is 0.0499. The van der Waals surface area contributed by atoms with Crippen molar-refractivity contribution in [2.75, 3.05) is 7.11 Å².